The van der Waals surface area contributed by atoms with E-state index < -0.39 is 0 Å². The largest absolute Gasteiger partial charge is 0.370 e. The van der Waals surface area contributed by atoms with Gasteiger partial charge in [0.2, 0.25) is 5.69 Å². The summed E-state index contributed by atoms with van der Waals surface area (Å²) in [5.74, 6) is 1.31. The molecule has 2 heterocycles. The van der Waals surface area contributed by atoms with E-state index in [1.165, 1.54) is 18.7 Å². The molecule has 0 amide bonds. The first-order valence-corrected chi connectivity index (χ1v) is 6.38. The van der Waals surface area contributed by atoms with E-state index >= 15 is 0 Å². The molecule has 1 fully saturated rings. The molecule has 3 heteroatoms. The number of para-hydroxylation sites is 1. The lowest BCUT2D eigenvalue weighted by Crippen LogP contribution is -2.48. The second-order valence-corrected chi connectivity index (χ2v) is 5.06. The molecule has 88 valence electrons. The van der Waals surface area contributed by atoms with Crippen LogP contribution in [0.15, 0.2) is 35.4 Å². The lowest BCUT2D eigenvalue weighted by atomic mass is 10.1. The molecule has 3 nitrogen and oxygen atoms in total. The minimum atomic E-state index is 0.697. The summed E-state index contributed by atoms with van der Waals surface area (Å²) in [6.45, 7) is 2.27. The molecule has 2 aliphatic rings. The van der Waals surface area contributed by atoms with Crippen molar-refractivity contribution in [1.29, 1.82) is 0 Å². The monoisotopic (exact) mass is 229 g/mol. The van der Waals surface area contributed by atoms with Crippen LogP contribution in [0.3, 0.4) is 0 Å². The Morgan fingerprint density at radius 2 is 2.12 bits per heavy atom. The van der Waals surface area contributed by atoms with Gasteiger partial charge >= 0.3 is 6.34 Å². The van der Waals surface area contributed by atoms with Crippen LogP contribution in [0.4, 0.5) is 5.69 Å². The van der Waals surface area contributed by atoms with E-state index in [2.05, 4.69) is 44.6 Å². The molecule has 0 spiro atoms. The van der Waals surface area contributed by atoms with Crippen LogP contribution < -0.4 is 0 Å². The summed E-state index contributed by atoms with van der Waals surface area (Å²) in [7, 11) is 2.28. The van der Waals surface area contributed by atoms with Gasteiger partial charge in [-0.15, -0.1) is 0 Å². The number of nitrogens with zero attached hydrogens (tertiary/aromatic N) is 3. The molecule has 0 bridgehead atoms. The summed E-state index contributed by atoms with van der Waals surface area (Å²) >= 11 is 0. The van der Waals surface area contributed by atoms with Crippen molar-refractivity contribution >= 4 is 17.9 Å². The Hall–Kier alpha value is -1.48. The quantitative estimate of drug-likeness (QED) is 0.547. The molecule has 1 aromatic rings. The number of hydrogen-bond donors (Lipinski definition) is 0. The van der Waals surface area contributed by atoms with Gasteiger partial charge in [-0.3, -0.25) is 0 Å². The first-order valence-electron chi connectivity index (χ1n) is 6.38. The van der Waals surface area contributed by atoms with Gasteiger partial charge in [0, 0.05) is 23.2 Å². The zero-order valence-corrected chi connectivity index (χ0v) is 10.5. The van der Waals surface area contributed by atoms with Crippen LogP contribution >= 0.6 is 0 Å². The van der Waals surface area contributed by atoms with Crippen molar-refractivity contribution in [2.24, 2.45) is 5.10 Å². The summed E-state index contributed by atoms with van der Waals surface area (Å²) < 4.78 is 2.95. The number of fused-ring (bicyclic) bond motifs is 1. The van der Waals surface area contributed by atoms with Gasteiger partial charge in [0.25, 0.3) is 5.84 Å². The maximum Gasteiger partial charge on any atom is 0.370 e. The standard InChI is InChI=1S/C14H19N3/c1-3-13-9-10-14-15-16(11-17(13,14)2)12-7-5-4-6-8-12/h4-8,11,13H,3,9-10H2,1-2H3/q+2. The molecular formula is C14H19N3+2. The third-order valence-corrected chi connectivity index (χ3v) is 4.08. The molecule has 17 heavy (non-hydrogen) atoms. The van der Waals surface area contributed by atoms with E-state index in [0.29, 0.717) is 6.04 Å². The molecule has 0 saturated carbocycles. The van der Waals surface area contributed by atoms with Crippen LogP contribution in [0.2, 0.25) is 0 Å². The first-order chi connectivity index (χ1) is 8.24. The van der Waals surface area contributed by atoms with Crippen molar-refractivity contribution in [2.45, 2.75) is 32.2 Å². The fourth-order valence-electron chi connectivity index (χ4n) is 2.99. The van der Waals surface area contributed by atoms with Gasteiger partial charge in [-0.1, -0.05) is 25.1 Å². The number of amidine groups is 1. The Bertz CT molecular complexity index is 489. The zero-order valence-electron chi connectivity index (χ0n) is 10.5. The third-order valence-electron chi connectivity index (χ3n) is 4.08. The van der Waals surface area contributed by atoms with Crippen LogP contribution in [0.1, 0.15) is 26.2 Å². The van der Waals surface area contributed by atoms with E-state index in [4.69, 9.17) is 5.10 Å². The molecule has 1 aromatic carbocycles. The summed E-state index contributed by atoms with van der Waals surface area (Å²) in [6, 6.07) is 11.1. The second-order valence-electron chi connectivity index (χ2n) is 5.06. The van der Waals surface area contributed by atoms with Gasteiger partial charge in [-0.05, 0) is 6.42 Å². The van der Waals surface area contributed by atoms with Gasteiger partial charge < -0.3 is 0 Å². The fraction of sp³-hybridized carbons (Fsp3) is 0.429. The van der Waals surface area contributed by atoms with Crippen LogP contribution in [0.5, 0.6) is 0 Å². The molecule has 0 aliphatic carbocycles. The lowest BCUT2D eigenvalue weighted by molar-refractivity contribution is -0.749. The highest BCUT2D eigenvalue weighted by atomic mass is 15.6. The Labute approximate surface area is 102 Å². The molecule has 3 rings (SSSR count). The maximum absolute atomic E-state index is 4.76. The maximum atomic E-state index is 4.76. The average molecular weight is 229 g/mol. The molecule has 2 unspecified atom stereocenters. The first kappa shape index (κ1) is 10.7. The third kappa shape index (κ3) is 1.53. The SMILES string of the molecule is CCC1CCC2=N[N+](c3ccccc3)=C[N+]21C. The molecule has 0 N–H and O–H groups in total. The highest BCUT2D eigenvalue weighted by molar-refractivity contribution is 5.84. The van der Waals surface area contributed by atoms with Crippen LogP contribution in [0, 0.1) is 0 Å². The molecule has 0 aromatic heterocycles. The van der Waals surface area contributed by atoms with E-state index in [9.17, 15) is 0 Å². The van der Waals surface area contributed by atoms with Gasteiger partial charge in [-0.25, -0.2) is 0 Å². The van der Waals surface area contributed by atoms with E-state index in [-0.39, 0.29) is 0 Å². The fourth-order valence-corrected chi connectivity index (χ4v) is 2.99. The minimum Gasteiger partial charge on any atom is -0.191 e. The number of rotatable bonds is 2. The average Bonchev–Trinajstić information content (AvgIpc) is 2.83. The molecule has 2 aliphatic heterocycles. The van der Waals surface area contributed by atoms with Crippen molar-refractivity contribution in [3.63, 3.8) is 0 Å². The van der Waals surface area contributed by atoms with E-state index in [1.807, 2.05) is 10.8 Å². The molecule has 0 radical (unpaired) electrons. The van der Waals surface area contributed by atoms with Crippen LogP contribution in [-0.2, 0) is 0 Å². The Morgan fingerprint density at radius 1 is 1.35 bits per heavy atom. The Balaban J connectivity index is 2.00. The highest BCUT2D eigenvalue weighted by Crippen LogP contribution is 2.32. The van der Waals surface area contributed by atoms with Crippen LogP contribution in [-0.4, -0.2) is 34.4 Å². The number of hydrogen-bond acceptors (Lipinski definition) is 1. The lowest BCUT2D eigenvalue weighted by Gasteiger charge is -2.23. The Morgan fingerprint density at radius 3 is 2.82 bits per heavy atom. The summed E-state index contributed by atoms with van der Waals surface area (Å²) in [6.07, 6.45) is 5.88. The summed E-state index contributed by atoms with van der Waals surface area (Å²) in [5, 5.41) is 4.76. The smallest absolute Gasteiger partial charge is 0.191 e. The van der Waals surface area contributed by atoms with Gasteiger partial charge in [0.05, 0.1) is 18.6 Å². The van der Waals surface area contributed by atoms with Gasteiger partial charge in [0.15, 0.2) is 0 Å². The van der Waals surface area contributed by atoms with Gasteiger partial charge in [0.1, 0.15) is 6.04 Å². The van der Waals surface area contributed by atoms with Gasteiger partial charge in [-0.2, -0.15) is 4.48 Å². The number of quaternary nitrogens is 1. The van der Waals surface area contributed by atoms with Crippen molar-refractivity contribution in [1.82, 2.24) is 0 Å². The van der Waals surface area contributed by atoms with Crippen molar-refractivity contribution in [2.75, 3.05) is 7.05 Å². The van der Waals surface area contributed by atoms with Crippen LogP contribution in [0.25, 0.3) is 0 Å². The minimum absolute atomic E-state index is 0.697. The highest BCUT2D eigenvalue weighted by Gasteiger charge is 2.51. The van der Waals surface area contributed by atoms with E-state index in [1.54, 1.807) is 0 Å². The molecule has 2 atom stereocenters. The number of benzene rings is 1. The van der Waals surface area contributed by atoms with Crippen molar-refractivity contribution < 1.29 is 9.17 Å². The predicted molar refractivity (Wildman–Crippen MR) is 69.4 cm³/mol. The Kier molecular flexibility index (Phi) is 2.37. The topological polar surface area (TPSA) is 15.4 Å². The zero-order chi connectivity index (χ0) is 11.9. The van der Waals surface area contributed by atoms with Crippen molar-refractivity contribution in [3.05, 3.63) is 30.3 Å². The normalized spacial score (nSPS) is 31.1. The second kappa shape index (κ2) is 3.77. The summed E-state index contributed by atoms with van der Waals surface area (Å²) in [4.78, 5) is 0. The molecular weight excluding hydrogens is 210 g/mol. The molecule has 1 saturated heterocycles. The predicted octanol–water partition coefficient (Wildman–Crippen LogP) is 2.71. The van der Waals surface area contributed by atoms with Crippen molar-refractivity contribution in [3.8, 4) is 0 Å². The summed E-state index contributed by atoms with van der Waals surface area (Å²) in [5.41, 5.74) is 1.16. The van der Waals surface area contributed by atoms with E-state index in [0.717, 1.165) is 16.6 Å². The number of hydrazone groups is 1.